The van der Waals surface area contributed by atoms with Crippen LogP contribution in [0.25, 0.3) is 6.08 Å². The summed E-state index contributed by atoms with van der Waals surface area (Å²) >= 11 is 0. The third-order valence-electron chi connectivity index (χ3n) is 5.52. The summed E-state index contributed by atoms with van der Waals surface area (Å²) in [6.07, 6.45) is 1.33. The van der Waals surface area contributed by atoms with E-state index in [0.717, 1.165) is 5.56 Å². The van der Waals surface area contributed by atoms with Crippen LogP contribution >= 0.6 is 0 Å². The molecule has 0 aliphatic carbocycles. The Morgan fingerprint density at radius 1 is 0.811 bits per heavy atom. The van der Waals surface area contributed by atoms with Crippen LogP contribution in [0.2, 0.25) is 0 Å². The van der Waals surface area contributed by atoms with Gasteiger partial charge in [-0.15, -0.1) is 0 Å². The van der Waals surface area contributed by atoms with Crippen LogP contribution in [0.5, 0.6) is 11.5 Å². The Labute approximate surface area is 214 Å². The van der Waals surface area contributed by atoms with E-state index in [1.165, 1.54) is 24.3 Å². The first-order valence-corrected chi connectivity index (χ1v) is 11.6. The number of Topliss-reactive ketones (excluding diaryl/α,β-unsaturated/α-hetero) is 1. The van der Waals surface area contributed by atoms with Crippen molar-refractivity contribution in [2.45, 2.75) is 13.0 Å². The molecule has 0 radical (unpaired) electrons. The van der Waals surface area contributed by atoms with Crippen molar-refractivity contribution in [1.29, 1.82) is 0 Å². The van der Waals surface area contributed by atoms with Gasteiger partial charge in [0.25, 0.3) is 5.69 Å². The molecule has 0 aliphatic heterocycles. The number of non-ortho nitro benzene ring substituents is 1. The molecule has 0 saturated heterocycles. The number of carbonyl (C=O) groups is 2. The predicted molar refractivity (Wildman–Crippen MR) is 141 cm³/mol. The average molecular weight is 493 g/mol. The number of nitro benzene ring substituents is 1. The molecule has 184 valence electrons. The second-order valence-electron chi connectivity index (χ2n) is 8.23. The Morgan fingerprint density at radius 2 is 1.46 bits per heavy atom. The maximum Gasteiger partial charge on any atom is 0.270 e. The van der Waals surface area contributed by atoms with Crippen LogP contribution < -0.4 is 10.1 Å². The molecule has 0 aromatic heterocycles. The summed E-state index contributed by atoms with van der Waals surface area (Å²) in [6, 6.07) is 31.3. The van der Waals surface area contributed by atoms with E-state index < -0.39 is 10.8 Å². The minimum Gasteiger partial charge on any atom is -0.457 e. The van der Waals surface area contributed by atoms with Crippen LogP contribution in [0.15, 0.2) is 115 Å². The summed E-state index contributed by atoms with van der Waals surface area (Å²) in [5.41, 5.74) is 1.88. The third kappa shape index (κ3) is 7.22. The zero-order valence-electron chi connectivity index (χ0n) is 19.9. The first kappa shape index (κ1) is 25.1. The SMILES string of the molecule is O=C(NCc1ccccc1)/C(=C/c1cccc([N+](=O)[O-])c1)CC(=O)c1ccc(Oc2ccccc2)cc1. The molecule has 1 N–H and O–H groups in total. The summed E-state index contributed by atoms with van der Waals surface area (Å²) in [5, 5.41) is 14.0. The fraction of sp³-hybridized carbons (Fsp3) is 0.0667. The van der Waals surface area contributed by atoms with E-state index >= 15 is 0 Å². The fourth-order valence-electron chi connectivity index (χ4n) is 3.63. The lowest BCUT2D eigenvalue weighted by Gasteiger charge is -2.10. The third-order valence-corrected chi connectivity index (χ3v) is 5.52. The van der Waals surface area contributed by atoms with Gasteiger partial charge >= 0.3 is 0 Å². The van der Waals surface area contributed by atoms with Gasteiger partial charge in [0.2, 0.25) is 5.91 Å². The van der Waals surface area contributed by atoms with Crippen LogP contribution in [0.1, 0.15) is 27.9 Å². The zero-order valence-corrected chi connectivity index (χ0v) is 19.9. The normalized spacial score (nSPS) is 11.0. The number of nitrogens with zero attached hydrogens (tertiary/aromatic N) is 1. The minimum atomic E-state index is -0.503. The Morgan fingerprint density at radius 3 is 2.14 bits per heavy atom. The van der Waals surface area contributed by atoms with Crippen molar-refractivity contribution in [2.75, 3.05) is 0 Å². The molecule has 4 aromatic rings. The molecular formula is C30H24N2O5. The van der Waals surface area contributed by atoms with Crippen molar-refractivity contribution < 1.29 is 19.2 Å². The number of ether oxygens (including phenoxy) is 1. The molecule has 4 aromatic carbocycles. The number of nitrogens with one attached hydrogen (secondary N) is 1. The van der Waals surface area contributed by atoms with Crippen LogP contribution in [0.4, 0.5) is 5.69 Å². The monoisotopic (exact) mass is 492 g/mol. The lowest BCUT2D eigenvalue weighted by Crippen LogP contribution is -2.25. The van der Waals surface area contributed by atoms with Crippen molar-refractivity contribution in [3.63, 3.8) is 0 Å². The van der Waals surface area contributed by atoms with E-state index in [4.69, 9.17) is 4.74 Å². The highest BCUT2D eigenvalue weighted by molar-refractivity contribution is 6.07. The zero-order chi connectivity index (χ0) is 26.0. The van der Waals surface area contributed by atoms with Gasteiger partial charge in [0.05, 0.1) is 4.92 Å². The molecule has 0 spiro atoms. The Hall–Kier alpha value is -5.04. The van der Waals surface area contributed by atoms with E-state index in [1.807, 2.05) is 60.7 Å². The molecule has 0 saturated carbocycles. The van der Waals surface area contributed by atoms with Gasteiger partial charge in [-0.1, -0.05) is 60.7 Å². The van der Waals surface area contributed by atoms with Crippen molar-refractivity contribution in [3.05, 3.63) is 142 Å². The molecule has 0 fully saturated rings. The fourth-order valence-corrected chi connectivity index (χ4v) is 3.63. The topological polar surface area (TPSA) is 98.5 Å². The predicted octanol–water partition coefficient (Wildman–Crippen LogP) is 6.36. The van der Waals surface area contributed by atoms with Crippen molar-refractivity contribution in [2.24, 2.45) is 0 Å². The molecular weight excluding hydrogens is 468 g/mol. The van der Waals surface area contributed by atoms with Crippen LogP contribution in [-0.4, -0.2) is 16.6 Å². The van der Waals surface area contributed by atoms with E-state index in [0.29, 0.717) is 22.6 Å². The number of para-hydroxylation sites is 1. The minimum absolute atomic E-state index is 0.0990. The number of nitro groups is 1. The van der Waals surface area contributed by atoms with Gasteiger partial charge in [-0.05, 0) is 53.6 Å². The van der Waals surface area contributed by atoms with Gasteiger partial charge in [-0.25, -0.2) is 0 Å². The molecule has 7 heteroatoms. The number of benzene rings is 4. The standard InChI is InChI=1S/C30H24N2O5/c33-29(24-14-16-28(17-15-24)37-27-12-5-2-6-13-27)20-25(18-23-10-7-11-26(19-23)32(35)36)30(34)31-21-22-8-3-1-4-9-22/h1-19H,20-21H2,(H,31,34)/b25-18+. The summed E-state index contributed by atoms with van der Waals surface area (Å²) in [6.45, 7) is 0.283. The van der Waals surface area contributed by atoms with E-state index in [1.54, 1.807) is 30.3 Å². The number of carbonyl (C=O) groups excluding carboxylic acids is 2. The van der Waals surface area contributed by atoms with E-state index in [2.05, 4.69) is 5.32 Å². The first-order valence-electron chi connectivity index (χ1n) is 11.6. The average Bonchev–Trinajstić information content (AvgIpc) is 2.93. The van der Waals surface area contributed by atoms with Crippen molar-refractivity contribution >= 4 is 23.5 Å². The number of hydrogen-bond donors (Lipinski definition) is 1. The molecule has 0 aliphatic rings. The number of hydrogen-bond acceptors (Lipinski definition) is 5. The van der Waals surface area contributed by atoms with Crippen LogP contribution in [-0.2, 0) is 11.3 Å². The van der Waals surface area contributed by atoms with Crippen molar-refractivity contribution in [3.8, 4) is 11.5 Å². The summed E-state index contributed by atoms with van der Waals surface area (Å²) < 4.78 is 5.77. The number of rotatable bonds is 10. The first-order chi connectivity index (χ1) is 18.0. The molecule has 37 heavy (non-hydrogen) atoms. The smallest absolute Gasteiger partial charge is 0.270 e. The molecule has 7 nitrogen and oxygen atoms in total. The molecule has 4 rings (SSSR count). The second-order valence-corrected chi connectivity index (χ2v) is 8.23. The molecule has 0 bridgehead atoms. The second kappa shape index (κ2) is 12.1. The summed E-state index contributed by atoms with van der Waals surface area (Å²) in [7, 11) is 0. The lowest BCUT2D eigenvalue weighted by atomic mass is 10.00. The molecule has 1 amide bonds. The van der Waals surface area contributed by atoms with Crippen LogP contribution in [0, 0.1) is 10.1 Å². The number of ketones is 1. The molecule has 0 unspecified atom stereocenters. The van der Waals surface area contributed by atoms with E-state index in [9.17, 15) is 19.7 Å². The highest BCUT2D eigenvalue weighted by Crippen LogP contribution is 2.23. The van der Waals surface area contributed by atoms with Crippen molar-refractivity contribution in [1.82, 2.24) is 5.32 Å². The van der Waals surface area contributed by atoms with Gasteiger partial charge in [-0.3, -0.25) is 19.7 Å². The lowest BCUT2D eigenvalue weighted by molar-refractivity contribution is -0.384. The van der Waals surface area contributed by atoms with Crippen LogP contribution in [0.3, 0.4) is 0 Å². The Bertz CT molecular complexity index is 1420. The Kier molecular flexibility index (Phi) is 8.18. The van der Waals surface area contributed by atoms with E-state index in [-0.39, 0.29) is 30.0 Å². The molecule has 0 atom stereocenters. The summed E-state index contributed by atoms with van der Waals surface area (Å²) in [5.74, 6) is 0.570. The summed E-state index contributed by atoms with van der Waals surface area (Å²) in [4.78, 5) is 36.9. The maximum absolute atomic E-state index is 13.1. The molecule has 0 heterocycles. The van der Waals surface area contributed by atoms with Gasteiger partial charge in [-0.2, -0.15) is 0 Å². The van der Waals surface area contributed by atoms with Gasteiger partial charge in [0, 0.05) is 36.2 Å². The largest absolute Gasteiger partial charge is 0.457 e. The Balaban J connectivity index is 1.52. The van der Waals surface area contributed by atoms with Gasteiger partial charge in [0.15, 0.2) is 5.78 Å². The highest BCUT2D eigenvalue weighted by atomic mass is 16.6. The highest BCUT2D eigenvalue weighted by Gasteiger charge is 2.17. The quantitative estimate of drug-likeness (QED) is 0.120. The van der Waals surface area contributed by atoms with Gasteiger partial charge in [0.1, 0.15) is 11.5 Å². The van der Waals surface area contributed by atoms with Gasteiger partial charge < -0.3 is 10.1 Å². The maximum atomic E-state index is 13.1. The number of amides is 1.